The number of rotatable bonds is 3. The maximum Gasteiger partial charge on any atom is 0.116 e. The summed E-state index contributed by atoms with van der Waals surface area (Å²) < 4.78 is 0. The smallest absolute Gasteiger partial charge is 0.116 e. The van der Waals surface area contributed by atoms with Crippen LogP contribution in [-0.2, 0) is 0 Å². The van der Waals surface area contributed by atoms with Gasteiger partial charge in [0.15, 0.2) is 0 Å². The van der Waals surface area contributed by atoms with Crippen LogP contribution in [-0.4, -0.2) is 16.2 Å². The maximum atomic E-state index is 3.37. The summed E-state index contributed by atoms with van der Waals surface area (Å²) in [5.74, 6) is 0. The summed E-state index contributed by atoms with van der Waals surface area (Å²) in [7, 11) is -0.0991. The molecule has 1 nitrogen and oxygen atoms in total. The van der Waals surface area contributed by atoms with Crippen LogP contribution in [0.4, 0.5) is 0 Å². The van der Waals surface area contributed by atoms with Crippen molar-refractivity contribution in [2.24, 2.45) is 5.41 Å². The minimum Gasteiger partial charge on any atom is -0.339 e. The second kappa shape index (κ2) is 4.69. The average Bonchev–Trinajstić information content (AvgIpc) is 1.78. The van der Waals surface area contributed by atoms with Crippen LogP contribution in [0.2, 0.25) is 0 Å². The van der Waals surface area contributed by atoms with E-state index in [0.29, 0.717) is 5.41 Å². The molecule has 0 unspecified atom stereocenters. The van der Waals surface area contributed by atoms with Gasteiger partial charge in [-0.25, -0.2) is 0 Å². The second-order valence-corrected chi connectivity index (χ2v) is 4.96. The number of nitrogens with one attached hydrogen (secondary N) is 1. The molecule has 0 radical (unpaired) electrons. The van der Waals surface area contributed by atoms with E-state index in [-0.39, 0.29) is 9.68 Å². The summed E-state index contributed by atoms with van der Waals surface area (Å²) in [5.41, 5.74) is 2.69. The summed E-state index contributed by atoms with van der Waals surface area (Å²) in [4.78, 5) is 3.37. The lowest BCUT2D eigenvalue weighted by Crippen LogP contribution is -2.16. The number of hydrogen-bond donors (Lipinski definition) is 1. The highest BCUT2D eigenvalue weighted by Crippen LogP contribution is 2.13. The Bertz CT molecular complexity index is 102. The minimum atomic E-state index is -0.0991. The zero-order chi connectivity index (χ0) is 8.04. The van der Waals surface area contributed by atoms with Gasteiger partial charge >= 0.3 is 0 Å². The number of allylic oxidation sites excluding steroid dienone is 1. The van der Waals surface area contributed by atoms with E-state index in [1.807, 2.05) is 0 Å². The van der Waals surface area contributed by atoms with Gasteiger partial charge in [-0.2, -0.15) is 0 Å². The molecule has 60 valence electrons. The van der Waals surface area contributed by atoms with E-state index in [9.17, 15) is 0 Å². The largest absolute Gasteiger partial charge is 0.339 e. The van der Waals surface area contributed by atoms with E-state index in [1.54, 1.807) is 0 Å². The first-order valence-electron chi connectivity index (χ1n) is 3.94. The van der Waals surface area contributed by atoms with Crippen molar-refractivity contribution in [1.29, 1.82) is 0 Å². The van der Waals surface area contributed by atoms with E-state index in [1.165, 1.54) is 0 Å². The lowest BCUT2D eigenvalue weighted by molar-refractivity contribution is 0.545. The first kappa shape index (κ1) is 9.92. The van der Waals surface area contributed by atoms with Crippen molar-refractivity contribution in [1.82, 2.24) is 4.98 Å². The van der Waals surface area contributed by atoms with Gasteiger partial charge < -0.3 is 4.98 Å². The molecule has 0 fully saturated rings. The van der Waals surface area contributed by atoms with Crippen LogP contribution in [0.1, 0.15) is 27.7 Å². The molecular formula is C8H19NSi. The van der Waals surface area contributed by atoms with Crippen molar-refractivity contribution >= 4 is 9.68 Å². The van der Waals surface area contributed by atoms with Gasteiger partial charge in [0.25, 0.3) is 0 Å². The third-order valence-corrected chi connectivity index (χ3v) is 2.39. The third kappa shape index (κ3) is 7.92. The van der Waals surface area contributed by atoms with Crippen molar-refractivity contribution in [3.63, 3.8) is 0 Å². The molecule has 0 aliphatic heterocycles. The Morgan fingerprint density at radius 2 is 2.00 bits per heavy atom. The van der Waals surface area contributed by atoms with Crippen LogP contribution in [0.3, 0.4) is 0 Å². The fourth-order valence-corrected chi connectivity index (χ4v) is 1.92. The summed E-state index contributed by atoms with van der Waals surface area (Å²) >= 11 is 0. The molecule has 0 amide bonds. The van der Waals surface area contributed by atoms with E-state index in [2.05, 4.69) is 44.5 Å². The normalized spacial score (nSPS) is 14.0. The molecule has 0 saturated carbocycles. The predicted molar refractivity (Wildman–Crippen MR) is 50.8 cm³/mol. The molecule has 0 heterocycles. The Morgan fingerprint density at radius 3 is 2.40 bits per heavy atom. The lowest BCUT2D eigenvalue weighted by Gasteiger charge is -2.10. The Labute approximate surface area is 66.8 Å². The van der Waals surface area contributed by atoms with Crippen molar-refractivity contribution in [2.45, 2.75) is 27.7 Å². The molecule has 0 aliphatic carbocycles. The molecule has 0 rings (SSSR count). The van der Waals surface area contributed by atoms with Gasteiger partial charge in [0.2, 0.25) is 0 Å². The molecule has 0 aromatic carbocycles. The Morgan fingerprint density at radius 1 is 1.40 bits per heavy atom. The maximum absolute atomic E-state index is 3.37. The molecule has 1 N–H and O–H groups in total. The van der Waals surface area contributed by atoms with Crippen LogP contribution in [0.15, 0.2) is 11.8 Å². The van der Waals surface area contributed by atoms with E-state index in [0.717, 1.165) is 6.54 Å². The molecule has 0 atom stereocenters. The quantitative estimate of drug-likeness (QED) is 0.480. The van der Waals surface area contributed by atoms with E-state index >= 15 is 0 Å². The van der Waals surface area contributed by atoms with Crippen LogP contribution in [0, 0.1) is 5.41 Å². The topological polar surface area (TPSA) is 12.0 Å². The Balaban J connectivity index is 3.37. The summed E-state index contributed by atoms with van der Waals surface area (Å²) in [6, 6.07) is 0. The molecular weight excluding hydrogens is 138 g/mol. The Kier molecular flexibility index (Phi) is 4.65. The fourth-order valence-electron chi connectivity index (χ4n) is 0.640. The molecule has 0 spiro atoms. The van der Waals surface area contributed by atoms with Crippen LogP contribution in [0.5, 0.6) is 0 Å². The standard InChI is InChI=1S/C8H19NSi/c1-5-9-10-7-6-8(2,3)4/h6-7,9H,5,10H2,1-4H3. The summed E-state index contributed by atoms with van der Waals surface area (Å²) in [6.45, 7) is 9.94. The zero-order valence-electron chi connectivity index (χ0n) is 7.57. The Hall–Kier alpha value is -0.0831. The SMILES string of the molecule is CCN[SiH2]C=CC(C)(C)C. The highest BCUT2D eigenvalue weighted by molar-refractivity contribution is 6.38. The van der Waals surface area contributed by atoms with Crippen molar-refractivity contribution in [3.05, 3.63) is 11.8 Å². The zero-order valence-corrected chi connectivity index (χ0v) is 8.98. The summed E-state index contributed by atoms with van der Waals surface area (Å²) in [6.07, 6.45) is 2.29. The van der Waals surface area contributed by atoms with E-state index < -0.39 is 0 Å². The van der Waals surface area contributed by atoms with Crippen molar-refractivity contribution in [3.8, 4) is 0 Å². The molecule has 0 aliphatic rings. The van der Waals surface area contributed by atoms with Crippen LogP contribution in [0.25, 0.3) is 0 Å². The molecule has 0 aromatic rings. The van der Waals surface area contributed by atoms with Crippen molar-refractivity contribution in [2.75, 3.05) is 6.54 Å². The van der Waals surface area contributed by atoms with Gasteiger partial charge in [-0.1, -0.05) is 39.5 Å². The van der Waals surface area contributed by atoms with Gasteiger partial charge in [0.05, 0.1) is 0 Å². The van der Waals surface area contributed by atoms with Crippen LogP contribution < -0.4 is 4.98 Å². The van der Waals surface area contributed by atoms with Gasteiger partial charge in [-0.05, 0) is 12.0 Å². The molecule has 0 aromatic heterocycles. The highest BCUT2D eigenvalue weighted by Gasteiger charge is 2.01. The number of hydrogen-bond acceptors (Lipinski definition) is 1. The van der Waals surface area contributed by atoms with Gasteiger partial charge in [0, 0.05) is 0 Å². The lowest BCUT2D eigenvalue weighted by atomic mass is 9.98. The molecule has 0 bridgehead atoms. The highest BCUT2D eigenvalue weighted by atomic mass is 28.2. The first-order chi connectivity index (χ1) is 4.56. The van der Waals surface area contributed by atoms with E-state index in [4.69, 9.17) is 0 Å². The third-order valence-electron chi connectivity index (χ3n) is 1.13. The van der Waals surface area contributed by atoms with Gasteiger partial charge in [-0.3, -0.25) is 0 Å². The molecule has 0 saturated heterocycles. The fraction of sp³-hybridized carbons (Fsp3) is 0.750. The predicted octanol–water partition coefficient (Wildman–Crippen LogP) is 1.24. The molecule has 2 heteroatoms. The molecule has 10 heavy (non-hydrogen) atoms. The van der Waals surface area contributed by atoms with Gasteiger partial charge in [0.1, 0.15) is 9.68 Å². The van der Waals surface area contributed by atoms with Gasteiger partial charge in [-0.15, -0.1) is 0 Å². The minimum absolute atomic E-state index is 0.0991. The van der Waals surface area contributed by atoms with Crippen molar-refractivity contribution < 1.29 is 0 Å². The first-order valence-corrected chi connectivity index (χ1v) is 5.47. The monoisotopic (exact) mass is 157 g/mol. The van der Waals surface area contributed by atoms with Crippen LogP contribution >= 0.6 is 0 Å². The average molecular weight is 157 g/mol. The second-order valence-electron chi connectivity index (χ2n) is 3.58. The summed E-state index contributed by atoms with van der Waals surface area (Å²) in [5, 5.41) is 0.